The summed E-state index contributed by atoms with van der Waals surface area (Å²) in [5.41, 5.74) is 7.32. The van der Waals surface area contributed by atoms with Crippen LogP contribution in [0.4, 0.5) is 5.69 Å². The number of hydrogen-bond donors (Lipinski definition) is 0. The predicted octanol–water partition coefficient (Wildman–Crippen LogP) is 8.57. The Labute approximate surface area is 209 Å². The van der Waals surface area contributed by atoms with Crippen molar-refractivity contribution < 1.29 is 0 Å². The van der Waals surface area contributed by atoms with Crippen molar-refractivity contribution in [2.45, 2.75) is 10.9 Å². The Bertz CT molecular complexity index is 1620. The molecule has 1 atom stereocenters. The van der Waals surface area contributed by atoms with E-state index in [-0.39, 0.29) is 6.04 Å². The molecule has 5 aromatic rings. The van der Waals surface area contributed by atoms with Gasteiger partial charge in [0.05, 0.1) is 17.4 Å². The Kier molecular flexibility index (Phi) is 4.81. The molecule has 166 valence electrons. The van der Waals surface area contributed by atoms with Gasteiger partial charge in [-0.15, -0.1) is 0 Å². The third-order valence-electron chi connectivity index (χ3n) is 6.74. The van der Waals surface area contributed by atoms with Crippen LogP contribution in [0.1, 0.15) is 17.2 Å². The average molecular weight is 467 g/mol. The summed E-state index contributed by atoms with van der Waals surface area (Å²) in [4.78, 5) is 8.85. The predicted molar refractivity (Wildman–Crippen MR) is 149 cm³/mol. The van der Waals surface area contributed by atoms with Crippen LogP contribution in [-0.2, 0) is 0 Å². The molecular formula is C32H22N2S. The van der Waals surface area contributed by atoms with Gasteiger partial charge in [-0.3, -0.25) is 4.90 Å². The van der Waals surface area contributed by atoms with E-state index >= 15 is 0 Å². The highest BCUT2D eigenvalue weighted by Crippen LogP contribution is 2.48. The van der Waals surface area contributed by atoms with Gasteiger partial charge in [0, 0.05) is 4.90 Å². The van der Waals surface area contributed by atoms with Crippen molar-refractivity contribution in [2.75, 3.05) is 4.90 Å². The zero-order chi connectivity index (χ0) is 23.2. The molecule has 3 heteroatoms. The minimum Gasteiger partial charge on any atom is -0.288 e. The van der Waals surface area contributed by atoms with E-state index in [0.29, 0.717) is 0 Å². The highest BCUT2D eigenvalue weighted by atomic mass is 32.2. The second-order valence-electron chi connectivity index (χ2n) is 8.79. The summed E-state index contributed by atoms with van der Waals surface area (Å²) in [5, 5.41) is 3.55. The highest BCUT2D eigenvalue weighted by Gasteiger charge is 2.34. The first-order valence-electron chi connectivity index (χ1n) is 11.9. The van der Waals surface area contributed by atoms with E-state index in [1.807, 2.05) is 0 Å². The van der Waals surface area contributed by atoms with Gasteiger partial charge in [-0.2, -0.15) is 0 Å². The fourth-order valence-corrected chi connectivity index (χ4v) is 6.18. The van der Waals surface area contributed by atoms with E-state index in [4.69, 9.17) is 4.99 Å². The number of rotatable bonds is 3. The third kappa shape index (κ3) is 3.39. The van der Waals surface area contributed by atoms with Crippen LogP contribution in [-0.4, -0.2) is 5.17 Å². The summed E-state index contributed by atoms with van der Waals surface area (Å²) in [5.74, 6) is 0. The molecule has 2 aliphatic rings. The van der Waals surface area contributed by atoms with Crippen molar-refractivity contribution in [1.82, 2.24) is 0 Å². The third-order valence-corrected chi connectivity index (χ3v) is 7.77. The zero-order valence-electron chi connectivity index (χ0n) is 19.0. The summed E-state index contributed by atoms with van der Waals surface area (Å²) in [7, 11) is 0. The monoisotopic (exact) mass is 466 g/mol. The van der Waals surface area contributed by atoms with Crippen molar-refractivity contribution in [1.29, 1.82) is 0 Å². The molecule has 0 amide bonds. The number of thioether (sulfide) groups is 1. The van der Waals surface area contributed by atoms with Gasteiger partial charge in [0.25, 0.3) is 0 Å². The van der Waals surface area contributed by atoms with Gasteiger partial charge in [-0.1, -0.05) is 109 Å². The van der Waals surface area contributed by atoms with Crippen LogP contribution in [0.15, 0.2) is 137 Å². The molecule has 0 radical (unpaired) electrons. The fourth-order valence-electron chi connectivity index (χ4n) is 5.12. The maximum atomic E-state index is 5.29. The average Bonchev–Trinajstić information content (AvgIpc) is 3.31. The van der Waals surface area contributed by atoms with E-state index in [9.17, 15) is 0 Å². The standard InChI is InChI=1S/C32H22N2S/c1-3-11-22(12-4-1)24-19-20-27(26-16-8-7-15-25(24)26)28-21-30(23-13-5-2-6-14-23)34-29-17-9-10-18-31(29)35-32(34)33-28/h1-21,28H. The van der Waals surface area contributed by atoms with E-state index in [1.54, 1.807) is 11.8 Å². The molecule has 1 unspecified atom stereocenters. The van der Waals surface area contributed by atoms with Crippen LogP contribution < -0.4 is 4.90 Å². The van der Waals surface area contributed by atoms with E-state index in [1.165, 1.54) is 49.3 Å². The molecule has 0 saturated carbocycles. The van der Waals surface area contributed by atoms with Crippen molar-refractivity contribution in [3.05, 3.63) is 139 Å². The number of para-hydroxylation sites is 1. The number of anilines is 1. The number of fused-ring (bicyclic) bond motifs is 4. The second kappa shape index (κ2) is 8.30. The number of benzene rings is 5. The second-order valence-corrected chi connectivity index (χ2v) is 9.80. The fraction of sp³-hybridized carbons (Fsp3) is 0.0312. The van der Waals surface area contributed by atoms with Crippen molar-refractivity contribution in [3.8, 4) is 11.1 Å². The van der Waals surface area contributed by atoms with Crippen molar-refractivity contribution in [2.24, 2.45) is 4.99 Å². The molecule has 0 aromatic heterocycles. The number of nitrogens with zero attached hydrogens (tertiary/aromatic N) is 2. The van der Waals surface area contributed by atoms with Crippen LogP contribution in [0.25, 0.3) is 27.6 Å². The molecule has 0 fully saturated rings. The lowest BCUT2D eigenvalue weighted by Crippen LogP contribution is -2.27. The quantitative estimate of drug-likeness (QED) is 0.265. The number of aliphatic imine (C=N–C) groups is 1. The molecule has 0 N–H and O–H groups in total. The van der Waals surface area contributed by atoms with E-state index in [0.717, 1.165) is 5.17 Å². The van der Waals surface area contributed by atoms with Crippen molar-refractivity contribution in [3.63, 3.8) is 0 Å². The van der Waals surface area contributed by atoms with Gasteiger partial charge in [0.15, 0.2) is 5.17 Å². The Hall–Kier alpha value is -4.08. The van der Waals surface area contributed by atoms with E-state index < -0.39 is 0 Å². The number of amidine groups is 1. The SMILES string of the molecule is C1=C(c2ccccc2)N2C(=NC1c1ccc(-c3ccccc3)c3ccccc13)Sc1ccccc12. The minimum atomic E-state index is -0.0620. The molecule has 0 saturated heterocycles. The van der Waals surface area contributed by atoms with Crippen LogP contribution >= 0.6 is 11.8 Å². The van der Waals surface area contributed by atoms with Gasteiger partial charge in [-0.05, 0) is 63.0 Å². The Balaban J connectivity index is 1.42. The minimum absolute atomic E-state index is 0.0620. The van der Waals surface area contributed by atoms with Crippen LogP contribution in [0.2, 0.25) is 0 Å². The van der Waals surface area contributed by atoms with Gasteiger partial charge in [0.2, 0.25) is 0 Å². The maximum absolute atomic E-state index is 5.29. The molecule has 2 aliphatic heterocycles. The molecule has 0 bridgehead atoms. The Morgan fingerprint density at radius 3 is 2.06 bits per heavy atom. The lowest BCUT2D eigenvalue weighted by Gasteiger charge is -2.29. The maximum Gasteiger partial charge on any atom is 0.174 e. The molecule has 7 rings (SSSR count). The summed E-state index contributed by atoms with van der Waals surface area (Å²) in [6.45, 7) is 0. The summed E-state index contributed by atoms with van der Waals surface area (Å²) >= 11 is 1.76. The molecule has 2 nitrogen and oxygen atoms in total. The first kappa shape index (κ1) is 20.3. The first-order valence-corrected chi connectivity index (χ1v) is 12.7. The summed E-state index contributed by atoms with van der Waals surface area (Å²) in [6.07, 6.45) is 2.32. The van der Waals surface area contributed by atoms with Gasteiger partial charge < -0.3 is 0 Å². The first-order chi connectivity index (χ1) is 17.4. The largest absolute Gasteiger partial charge is 0.288 e. The molecule has 0 aliphatic carbocycles. The lowest BCUT2D eigenvalue weighted by atomic mass is 9.91. The normalized spacial score (nSPS) is 16.5. The van der Waals surface area contributed by atoms with Crippen LogP contribution in [0.5, 0.6) is 0 Å². The topological polar surface area (TPSA) is 15.6 Å². The zero-order valence-corrected chi connectivity index (χ0v) is 19.8. The Morgan fingerprint density at radius 1 is 0.600 bits per heavy atom. The molecule has 0 spiro atoms. The Morgan fingerprint density at radius 2 is 1.26 bits per heavy atom. The van der Waals surface area contributed by atoms with Gasteiger partial charge in [-0.25, -0.2) is 4.99 Å². The highest BCUT2D eigenvalue weighted by molar-refractivity contribution is 8.14. The lowest BCUT2D eigenvalue weighted by molar-refractivity contribution is 0.908. The van der Waals surface area contributed by atoms with E-state index in [2.05, 4.69) is 132 Å². The molecule has 2 heterocycles. The van der Waals surface area contributed by atoms with Gasteiger partial charge in [0.1, 0.15) is 0 Å². The van der Waals surface area contributed by atoms with Crippen LogP contribution in [0, 0.1) is 0 Å². The molecule has 5 aromatic carbocycles. The molecular weight excluding hydrogens is 444 g/mol. The summed E-state index contributed by atoms with van der Waals surface area (Å²) < 4.78 is 0. The van der Waals surface area contributed by atoms with Gasteiger partial charge >= 0.3 is 0 Å². The van der Waals surface area contributed by atoms with Crippen LogP contribution in [0.3, 0.4) is 0 Å². The molecule has 35 heavy (non-hydrogen) atoms. The summed E-state index contributed by atoms with van der Waals surface area (Å²) in [6, 6.07) is 43.0. The smallest absolute Gasteiger partial charge is 0.174 e. The van der Waals surface area contributed by atoms with Crippen molar-refractivity contribution >= 4 is 39.1 Å². The number of hydrogen-bond acceptors (Lipinski definition) is 3.